The highest BCUT2D eigenvalue weighted by atomic mass is 32.2. The second-order valence-corrected chi connectivity index (χ2v) is 5.87. The van der Waals surface area contributed by atoms with Gasteiger partial charge in [-0.3, -0.25) is 0 Å². The van der Waals surface area contributed by atoms with E-state index >= 15 is 0 Å². The van der Waals surface area contributed by atoms with Crippen molar-refractivity contribution < 1.29 is 23.1 Å². The van der Waals surface area contributed by atoms with Crippen LogP contribution in [0.2, 0.25) is 0 Å². The SMILES string of the molecule is O=C(O)c1ccc(OC2=NS(=O)(=O)c3ccccc32)cc1. The number of carboxylic acid groups (broad SMARTS) is 1. The molecule has 0 amide bonds. The van der Waals surface area contributed by atoms with Gasteiger partial charge in [0, 0.05) is 0 Å². The van der Waals surface area contributed by atoms with E-state index in [0.717, 1.165) is 0 Å². The summed E-state index contributed by atoms with van der Waals surface area (Å²) in [5.41, 5.74) is 0.503. The lowest BCUT2D eigenvalue weighted by Gasteiger charge is -2.05. The molecule has 106 valence electrons. The van der Waals surface area contributed by atoms with Gasteiger partial charge in [-0.1, -0.05) is 12.1 Å². The molecule has 6 nitrogen and oxygen atoms in total. The Morgan fingerprint density at radius 2 is 1.71 bits per heavy atom. The van der Waals surface area contributed by atoms with E-state index in [4.69, 9.17) is 9.84 Å². The number of hydrogen-bond acceptors (Lipinski definition) is 4. The molecule has 0 saturated heterocycles. The smallest absolute Gasteiger partial charge is 0.335 e. The summed E-state index contributed by atoms with van der Waals surface area (Å²) in [5.74, 6) is -0.757. The van der Waals surface area contributed by atoms with Crippen molar-refractivity contribution in [1.82, 2.24) is 0 Å². The number of rotatable bonds is 2. The second kappa shape index (κ2) is 4.71. The Kier molecular flexibility index (Phi) is 2.99. The van der Waals surface area contributed by atoms with Crippen molar-refractivity contribution in [2.75, 3.05) is 0 Å². The van der Waals surface area contributed by atoms with Gasteiger partial charge in [0.2, 0.25) is 5.90 Å². The van der Waals surface area contributed by atoms with Crippen molar-refractivity contribution in [2.45, 2.75) is 4.90 Å². The molecule has 1 heterocycles. The first-order valence-corrected chi connectivity index (χ1v) is 7.37. The van der Waals surface area contributed by atoms with Gasteiger partial charge >= 0.3 is 5.97 Å². The molecule has 0 unspecified atom stereocenters. The van der Waals surface area contributed by atoms with Crippen LogP contribution < -0.4 is 4.74 Å². The van der Waals surface area contributed by atoms with Gasteiger partial charge < -0.3 is 9.84 Å². The molecule has 0 aromatic heterocycles. The number of fused-ring (bicyclic) bond motifs is 1. The molecule has 7 heteroatoms. The van der Waals surface area contributed by atoms with Gasteiger partial charge in [-0.25, -0.2) is 4.79 Å². The number of carbonyl (C=O) groups is 1. The number of hydrogen-bond donors (Lipinski definition) is 1. The van der Waals surface area contributed by atoms with Crippen molar-refractivity contribution in [3.63, 3.8) is 0 Å². The van der Waals surface area contributed by atoms with Gasteiger partial charge in [-0.05, 0) is 36.4 Å². The Morgan fingerprint density at radius 3 is 2.38 bits per heavy atom. The molecule has 21 heavy (non-hydrogen) atoms. The summed E-state index contributed by atoms with van der Waals surface area (Å²) in [5, 5.41) is 8.81. The number of sulfonamides is 1. The lowest BCUT2D eigenvalue weighted by atomic mass is 10.2. The lowest BCUT2D eigenvalue weighted by Crippen LogP contribution is -2.08. The molecular weight excluding hydrogens is 294 g/mol. The maximum absolute atomic E-state index is 11.9. The third-order valence-corrected chi connectivity index (χ3v) is 4.23. The third-order valence-electron chi connectivity index (χ3n) is 2.91. The van der Waals surface area contributed by atoms with E-state index in [-0.39, 0.29) is 16.4 Å². The van der Waals surface area contributed by atoms with Crippen LogP contribution in [-0.2, 0) is 10.0 Å². The molecule has 0 spiro atoms. The van der Waals surface area contributed by atoms with E-state index in [1.54, 1.807) is 18.2 Å². The molecule has 2 aromatic rings. The highest BCUT2D eigenvalue weighted by Crippen LogP contribution is 2.27. The predicted octanol–water partition coefficient (Wildman–Crippen LogP) is 1.91. The van der Waals surface area contributed by atoms with Crippen molar-refractivity contribution in [1.29, 1.82) is 0 Å². The number of aromatic carboxylic acids is 1. The summed E-state index contributed by atoms with van der Waals surface area (Å²) in [7, 11) is -3.73. The summed E-state index contributed by atoms with van der Waals surface area (Å²) in [6, 6.07) is 12.0. The molecule has 1 aliphatic heterocycles. The average molecular weight is 303 g/mol. The molecule has 0 aliphatic carbocycles. The zero-order chi connectivity index (χ0) is 15.0. The van der Waals surface area contributed by atoms with Crippen molar-refractivity contribution in [3.05, 3.63) is 59.7 Å². The van der Waals surface area contributed by atoms with Crippen LogP contribution >= 0.6 is 0 Å². The van der Waals surface area contributed by atoms with Crippen LogP contribution in [0.5, 0.6) is 5.75 Å². The molecule has 0 saturated carbocycles. The zero-order valence-electron chi connectivity index (χ0n) is 10.6. The van der Waals surface area contributed by atoms with Gasteiger partial charge in [0.05, 0.1) is 11.1 Å². The Bertz CT molecular complexity index is 853. The maximum Gasteiger partial charge on any atom is 0.335 e. The van der Waals surface area contributed by atoms with Gasteiger partial charge in [0.1, 0.15) is 10.6 Å². The van der Waals surface area contributed by atoms with Crippen LogP contribution in [0.25, 0.3) is 0 Å². The Labute approximate surface area is 120 Å². The normalized spacial score (nSPS) is 15.1. The minimum atomic E-state index is -3.73. The second-order valence-electron chi connectivity index (χ2n) is 4.30. The van der Waals surface area contributed by atoms with E-state index in [1.165, 1.54) is 30.3 Å². The first kappa shape index (κ1) is 13.3. The quantitative estimate of drug-likeness (QED) is 0.914. The number of benzene rings is 2. The Balaban J connectivity index is 1.94. The predicted molar refractivity (Wildman–Crippen MR) is 74.2 cm³/mol. The van der Waals surface area contributed by atoms with Crippen LogP contribution in [0.15, 0.2) is 57.8 Å². The molecular formula is C14H9NO5S. The monoisotopic (exact) mass is 303 g/mol. The fourth-order valence-electron chi connectivity index (χ4n) is 1.93. The topological polar surface area (TPSA) is 93.0 Å². The molecule has 3 rings (SSSR count). The van der Waals surface area contributed by atoms with Crippen LogP contribution in [0, 0.1) is 0 Å². The summed E-state index contributed by atoms with van der Waals surface area (Å²) < 4.78 is 32.7. The largest absolute Gasteiger partial charge is 0.478 e. The van der Waals surface area contributed by atoms with Crippen molar-refractivity contribution in [3.8, 4) is 5.75 Å². The molecule has 1 aliphatic rings. The highest BCUT2D eigenvalue weighted by Gasteiger charge is 2.29. The van der Waals surface area contributed by atoms with Gasteiger partial charge in [0.15, 0.2) is 0 Å². The standard InChI is InChI=1S/C14H9NO5S/c16-14(17)9-5-7-10(8-6-9)20-13-11-3-1-2-4-12(11)21(18,19)15-13/h1-8H,(H,16,17). The molecule has 0 fully saturated rings. The van der Waals surface area contributed by atoms with E-state index in [2.05, 4.69) is 4.40 Å². The average Bonchev–Trinajstić information content (AvgIpc) is 2.71. The highest BCUT2D eigenvalue weighted by molar-refractivity contribution is 7.90. The number of carboxylic acids is 1. The van der Waals surface area contributed by atoms with Crippen LogP contribution in [0.4, 0.5) is 0 Å². The van der Waals surface area contributed by atoms with E-state index in [9.17, 15) is 13.2 Å². The van der Waals surface area contributed by atoms with Gasteiger partial charge in [0.25, 0.3) is 10.0 Å². The summed E-state index contributed by atoms with van der Waals surface area (Å²) in [6.45, 7) is 0. The minimum Gasteiger partial charge on any atom is -0.478 e. The van der Waals surface area contributed by atoms with E-state index in [1.807, 2.05) is 0 Å². The fourth-order valence-corrected chi connectivity index (χ4v) is 3.06. The Morgan fingerprint density at radius 1 is 1.05 bits per heavy atom. The summed E-state index contributed by atoms with van der Waals surface area (Å²) in [4.78, 5) is 10.9. The zero-order valence-corrected chi connectivity index (χ0v) is 11.4. The lowest BCUT2D eigenvalue weighted by molar-refractivity contribution is 0.0697. The van der Waals surface area contributed by atoms with Gasteiger partial charge in [-0.2, -0.15) is 8.42 Å². The van der Waals surface area contributed by atoms with E-state index < -0.39 is 16.0 Å². The molecule has 1 N–H and O–H groups in total. The van der Waals surface area contributed by atoms with Crippen LogP contribution in [0.1, 0.15) is 15.9 Å². The van der Waals surface area contributed by atoms with E-state index in [0.29, 0.717) is 11.3 Å². The summed E-state index contributed by atoms with van der Waals surface area (Å²) >= 11 is 0. The molecule has 0 radical (unpaired) electrons. The minimum absolute atomic E-state index is 0.0197. The first-order valence-electron chi connectivity index (χ1n) is 5.93. The molecule has 2 aromatic carbocycles. The maximum atomic E-state index is 11.9. The van der Waals surface area contributed by atoms with Crippen molar-refractivity contribution in [2.24, 2.45) is 4.40 Å². The van der Waals surface area contributed by atoms with Crippen molar-refractivity contribution >= 4 is 21.9 Å². The fraction of sp³-hybridized carbons (Fsp3) is 0. The van der Waals surface area contributed by atoms with Gasteiger partial charge in [-0.15, -0.1) is 4.40 Å². The Hall–Kier alpha value is -2.67. The molecule has 0 atom stereocenters. The summed E-state index contributed by atoms with van der Waals surface area (Å²) in [6.07, 6.45) is 0. The first-order chi connectivity index (χ1) is 9.97. The third kappa shape index (κ3) is 2.38. The number of nitrogens with zero attached hydrogens (tertiary/aromatic N) is 1. The van der Waals surface area contributed by atoms with Crippen LogP contribution in [0.3, 0.4) is 0 Å². The molecule has 0 bridgehead atoms. The number of ether oxygens (including phenoxy) is 1. The van der Waals surface area contributed by atoms with Crippen LogP contribution in [-0.4, -0.2) is 25.4 Å².